The first-order valence-corrected chi connectivity index (χ1v) is 7.58. The van der Waals surface area contributed by atoms with E-state index < -0.39 is 12.1 Å². The third-order valence-electron chi connectivity index (χ3n) is 3.15. The Morgan fingerprint density at radius 3 is 2.70 bits per heavy atom. The van der Waals surface area contributed by atoms with Crippen molar-refractivity contribution in [2.24, 2.45) is 0 Å². The molecule has 0 aliphatic rings. The second-order valence-corrected chi connectivity index (χ2v) is 5.48. The second-order valence-electron chi connectivity index (χ2n) is 4.69. The van der Waals surface area contributed by atoms with Gasteiger partial charge in [0.2, 0.25) is 0 Å². The fourth-order valence-electron chi connectivity index (χ4n) is 2.01. The van der Waals surface area contributed by atoms with Crippen molar-refractivity contribution in [3.63, 3.8) is 0 Å². The summed E-state index contributed by atoms with van der Waals surface area (Å²) in [5.74, 6) is 0.556. The number of urea groups is 1. The minimum absolute atomic E-state index is 0.0182. The van der Waals surface area contributed by atoms with Gasteiger partial charge in [0.15, 0.2) is 0 Å². The normalized spacial score (nSPS) is 11.7. The highest BCUT2D eigenvalue weighted by atomic mass is 35.5. The molecule has 122 valence electrons. The molecular formula is C16H16Cl2N2O3. The Hall–Kier alpha value is -1.95. The van der Waals surface area contributed by atoms with Crippen molar-refractivity contribution in [2.45, 2.75) is 6.10 Å². The minimum atomic E-state index is -0.897. The average Bonchev–Trinajstić information content (AvgIpc) is 2.56. The zero-order chi connectivity index (χ0) is 16.8. The van der Waals surface area contributed by atoms with Gasteiger partial charge in [-0.1, -0.05) is 47.5 Å². The highest BCUT2D eigenvalue weighted by molar-refractivity contribution is 6.43. The van der Waals surface area contributed by atoms with Gasteiger partial charge in [0.25, 0.3) is 0 Å². The number of anilines is 1. The summed E-state index contributed by atoms with van der Waals surface area (Å²) in [6.07, 6.45) is -0.897. The van der Waals surface area contributed by atoms with Crippen molar-refractivity contribution < 1.29 is 14.6 Å². The van der Waals surface area contributed by atoms with Gasteiger partial charge in [-0.15, -0.1) is 0 Å². The van der Waals surface area contributed by atoms with E-state index in [4.69, 9.17) is 27.9 Å². The molecule has 0 aliphatic heterocycles. The van der Waals surface area contributed by atoms with Crippen LogP contribution in [-0.4, -0.2) is 24.8 Å². The lowest BCUT2D eigenvalue weighted by Crippen LogP contribution is -2.32. The van der Waals surface area contributed by atoms with Crippen molar-refractivity contribution >= 4 is 34.9 Å². The van der Waals surface area contributed by atoms with Gasteiger partial charge < -0.3 is 20.5 Å². The SMILES string of the molecule is COc1ccccc1C(O)CNC(=O)Nc1cccc(Cl)c1Cl. The summed E-state index contributed by atoms with van der Waals surface area (Å²) in [6, 6.07) is 11.5. The van der Waals surface area contributed by atoms with Gasteiger partial charge in [0.05, 0.1) is 28.9 Å². The summed E-state index contributed by atoms with van der Waals surface area (Å²) in [5.41, 5.74) is 0.986. The first kappa shape index (κ1) is 17.4. The number of nitrogens with one attached hydrogen (secondary N) is 2. The smallest absolute Gasteiger partial charge is 0.319 e. The molecule has 5 nitrogen and oxygen atoms in total. The van der Waals surface area contributed by atoms with E-state index in [0.29, 0.717) is 22.0 Å². The maximum atomic E-state index is 11.9. The molecule has 2 amide bonds. The fourth-order valence-corrected chi connectivity index (χ4v) is 2.36. The molecule has 23 heavy (non-hydrogen) atoms. The Kier molecular flexibility index (Phi) is 6.10. The van der Waals surface area contributed by atoms with Crippen LogP contribution in [0.15, 0.2) is 42.5 Å². The average molecular weight is 355 g/mol. The molecule has 0 spiro atoms. The maximum Gasteiger partial charge on any atom is 0.319 e. The van der Waals surface area contributed by atoms with Gasteiger partial charge in [0, 0.05) is 12.1 Å². The number of aliphatic hydroxyl groups excluding tert-OH is 1. The van der Waals surface area contributed by atoms with Crippen LogP contribution >= 0.6 is 23.2 Å². The van der Waals surface area contributed by atoms with Crippen LogP contribution in [0.5, 0.6) is 5.75 Å². The quantitative estimate of drug-likeness (QED) is 0.763. The van der Waals surface area contributed by atoms with E-state index >= 15 is 0 Å². The molecule has 1 unspecified atom stereocenters. The number of carbonyl (C=O) groups excluding carboxylic acids is 1. The third-order valence-corrected chi connectivity index (χ3v) is 3.97. The molecule has 0 fully saturated rings. The number of benzene rings is 2. The lowest BCUT2D eigenvalue weighted by molar-refractivity contribution is 0.171. The summed E-state index contributed by atoms with van der Waals surface area (Å²) in [7, 11) is 1.52. The van der Waals surface area contributed by atoms with E-state index in [-0.39, 0.29) is 11.6 Å². The van der Waals surface area contributed by atoms with Crippen LogP contribution < -0.4 is 15.4 Å². The van der Waals surface area contributed by atoms with Crippen molar-refractivity contribution in [2.75, 3.05) is 19.0 Å². The molecule has 0 heterocycles. The predicted octanol–water partition coefficient (Wildman–Crippen LogP) is 3.86. The molecule has 3 N–H and O–H groups in total. The molecule has 0 saturated carbocycles. The molecule has 2 aromatic rings. The number of hydrogen-bond acceptors (Lipinski definition) is 3. The number of ether oxygens (including phenoxy) is 1. The van der Waals surface area contributed by atoms with Crippen LogP contribution in [0.4, 0.5) is 10.5 Å². The van der Waals surface area contributed by atoms with Crippen molar-refractivity contribution in [1.29, 1.82) is 0 Å². The van der Waals surface area contributed by atoms with Crippen LogP contribution in [0.1, 0.15) is 11.7 Å². The van der Waals surface area contributed by atoms with E-state index in [2.05, 4.69) is 10.6 Å². The Bertz CT molecular complexity index is 695. The molecule has 0 saturated heterocycles. The molecule has 0 radical (unpaired) electrons. The Morgan fingerprint density at radius 1 is 1.22 bits per heavy atom. The molecule has 0 aromatic heterocycles. The molecule has 2 aromatic carbocycles. The standard InChI is InChI=1S/C16H16Cl2N2O3/c1-23-14-8-3-2-5-10(14)13(21)9-19-16(22)20-12-7-4-6-11(17)15(12)18/h2-8,13,21H,9H2,1H3,(H2,19,20,22). The topological polar surface area (TPSA) is 70.6 Å². The first-order chi connectivity index (χ1) is 11.0. The van der Waals surface area contributed by atoms with Gasteiger partial charge in [-0.3, -0.25) is 0 Å². The van der Waals surface area contributed by atoms with Crippen LogP contribution in [0.2, 0.25) is 10.0 Å². The number of rotatable bonds is 5. The van der Waals surface area contributed by atoms with E-state index in [0.717, 1.165) is 0 Å². The summed E-state index contributed by atoms with van der Waals surface area (Å²) >= 11 is 11.9. The molecule has 0 bridgehead atoms. The maximum absolute atomic E-state index is 11.9. The Morgan fingerprint density at radius 2 is 1.96 bits per heavy atom. The van der Waals surface area contributed by atoms with Crippen LogP contribution in [0, 0.1) is 0 Å². The van der Waals surface area contributed by atoms with Gasteiger partial charge >= 0.3 is 6.03 Å². The van der Waals surface area contributed by atoms with Crippen LogP contribution in [0.3, 0.4) is 0 Å². The first-order valence-electron chi connectivity index (χ1n) is 6.82. The fraction of sp³-hybridized carbons (Fsp3) is 0.188. The van der Waals surface area contributed by atoms with Crippen LogP contribution in [-0.2, 0) is 0 Å². The molecular weight excluding hydrogens is 339 g/mol. The molecule has 7 heteroatoms. The highest BCUT2D eigenvalue weighted by Crippen LogP contribution is 2.29. The zero-order valence-corrected chi connectivity index (χ0v) is 13.9. The van der Waals surface area contributed by atoms with E-state index in [1.54, 1.807) is 42.5 Å². The summed E-state index contributed by atoms with van der Waals surface area (Å²) in [5, 5.41) is 15.9. The number of aliphatic hydroxyl groups is 1. The monoisotopic (exact) mass is 354 g/mol. The second kappa shape index (κ2) is 8.06. The Balaban J connectivity index is 1.95. The molecule has 2 rings (SSSR count). The predicted molar refractivity (Wildman–Crippen MR) is 91.4 cm³/mol. The molecule has 1 atom stereocenters. The van der Waals surface area contributed by atoms with E-state index in [1.165, 1.54) is 7.11 Å². The van der Waals surface area contributed by atoms with Gasteiger partial charge in [-0.25, -0.2) is 4.79 Å². The van der Waals surface area contributed by atoms with Gasteiger partial charge in [0.1, 0.15) is 5.75 Å². The largest absolute Gasteiger partial charge is 0.496 e. The van der Waals surface area contributed by atoms with E-state index in [1.807, 2.05) is 0 Å². The van der Waals surface area contributed by atoms with Crippen molar-refractivity contribution in [3.8, 4) is 5.75 Å². The van der Waals surface area contributed by atoms with Gasteiger partial charge in [-0.2, -0.15) is 0 Å². The lowest BCUT2D eigenvalue weighted by atomic mass is 10.1. The number of amides is 2. The zero-order valence-electron chi connectivity index (χ0n) is 12.3. The number of methoxy groups -OCH3 is 1. The van der Waals surface area contributed by atoms with Gasteiger partial charge in [-0.05, 0) is 18.2 Å². The number of halogens is 2. The van der Waals surface area contributed by atoms with E-state index in [9.17, 15) is 9.90 Å². The molecule has 0 aliphatic carbocycles. The number of carbonyl (C=O) groups is 1. The number of hydrogen-bond donors (Lipinski definition) is 3. The van der Waals surface area contributed by atoms with Crippen molar-refractivity contribution in [1.82, 2.24) is 5.32 Å². The third kappa shape index (κ3) is 4.51. The lowest BCUT2D eigenvalue weighted by Gasteiger charge is -2.16. The summed E-state index contributed by atoms with van der Waals surface area (Å²) in [6.45, 7) is 0.0182. The summed E-state index contributed by atoms with van der Waals surface area (Å²) in [4.78, 5) is 11.9. The van der Waals surface area contributed by atoms with Crippen LogP contribution in [0.25, 0.3) is 0 Å². The number of para-hydroxylation sites is 1. The summed E-state index contributed by atoms with van der Waals surface area (Å²) < 4.78 is 5.18. The highest BCUT2D eigenvalue weighted by Gasteiger charge is 2.14. The minimum Gasteiger partial charge on any atom is -0.496 e. The van der Waals surface area contributed by atoms with Crippen molar-refractivity contribution in [3.05, 3.63) is 58.1 Å². The Labute approximate surface area is 144 Å².